The van der Waals surface area contributed by atoms with Crippen molar-refractivity contribution in [1.29, 1.82) is 0 Å². The second kappa shape index (κ2) is 9.69. The molecule has 0 unspecified atom stereocenters. The van der Waals surface area contributed by atoms with Gasteiger partial charge in [0.25, 0.3) is 0 Å². The number of ether oxygens (including phenoxy) is 1. The Bertz CT molecular complexity index is 792. The predicted molar refractivity (Wildman–Crippen MR) is 102 cm³/mol. The summed E-state index contributed by atoms with van der Waals surface area (Å²) in [6.07, 6.45) is -7.78. The maximum atomic E-state index is 13.2. The van der Waals surface area contributed by atoms with Gasteiger partial charge in [-0.15, -0.1) is 0 Å². The number of halogens is 8. The Kier molecular flexibility index (Phi) is 7.80. The molecule has 0 N–H and O–H groups in total. The summed E-state index contributed by atoms with van der Waals surface area (Å²) in [4.78, 5) is 0. The van der Waals surface area contributed by atoms with E-state index in [0.717, 1.165) is 12.2 Å². The van der Waals surface area contributed by atoms with Gasteiger partial charge in [0, 0.05) is 10.0 Å². The van der Waals surface area contributed by atoms with Crippen LogP contribution >= 0.6 is 23.2 Å². The van der Waals surface area contributed by atoms with Gasteiger partial charge in [0.2, 0.25) is 0 Å². The Hall–Kier alpha value is -1.96. The summed E-state index contributed by atoms with van der Waals surface area (Å²) in [5.74, 6) is 0. The van der Waals surface area contributed by atoms with E-state index in [1.165, 1.54) is 48.5 Å². The largest absolute Gasteiger partial charge is 0.416 e. The van der Waals surface area contributed by atoms with Gasteiger partial charge in [0.15, 0.2) is 0 Å². The Labute approximate surface area is 173 Å². The minimum Gasteiger partial charge on any atom is -0.373 e. The molecule has 156 valence electrons. The molecule has 0 aliphatic rings. The van der Waals surface area contributed by atoms with E-state index in [0.29, 0.717) is 0 Å². The lowest BCUT2D eigenvalue weighted by Crippen LogP contribution is -2.13. The summed E-state index contributed by atoms with van der Waals surface area (Å²) in [7, 11) is 0. The molecular formula is C20H14Cl2F6O. The van der Waals surface area contributed by atoms with E-state index in [4.69, 9.17) is 27.9 Å². The van der Waals surface area contributed by atoms with Crippen LogP contribution < -0.4 is 0 Å². The zero-order valence-corrected chi connectivity index (χ0v) is 16.1. The highest BCUT2D eigenvalue weighted by molar-refractivity contribution is 6.30. The van der Waals surface area contributed by atoms with E-state index >= 15 is 0 Å². The van der Waals surface area contributed by atoms with E-state index in [1.54, 1.807) is 0 Å². The molecule has 2 rings (SSSR count). The lowest BCUT2D eigenvalue weighted by molar-refractivity contribution is -0.0698. The third-order valence-corrected chi connectivity index (χ3v) is 4.24. The maximum absolute atomic E-state index is 13.2. The van der Waals surface area contributed by atoms with Gasteiger partial charge in [-0.2, -0.15) is 26.3 Å². The van der Waals surface area contributed by atoms with Crippen molar-refractivity contribution in [3.8, 4) is 0 Å². The van der Waals surface area contributed by atoms with Gasteiger partial charge in [0.05, 0.1) is 24.4 Å². The second-order valence-electron chi connectivity index (χ2n) is 5.78. The molecule has 2 aromatic carbocycles. The van der Waals surface area contributed by atoms with Crippen molar-refractivity contribution in [3.05, 3.63) is 81.9 Å². The molecule has 0 aliphatic carbocycles. The van der Waals surface area contributed by atoms with Crippen LogP contribution in [0.4, 0.5) is 26.3 Å². The highest BCUT2D eigenvalue weighted by atomic mass is 35.5. The molecule has 9 heteroatoms. The van der Waals surface area contributed by atoms with Crippen molar-refractivity contribution < 1.29 is 31.1 Å². The molecule has 0 radical (unpaired) electrons. The Morgan fingerprint density at radius 3 is 1.24 bits per heavy atom. The third kappa shape index (κ3) is 7.10. The van der Waals surface area contributed by atoms with Crippen molar-refractivity contribution in [2.45, 2.75) is 12.4 Å². The van der Waals surface area contributed by atoms with E-state index in [2.05, 4.69) is 0 Å². The first-order valence-electron chi connectivity index (χ1n) is 8.13. The van der Waals surface area contributed by atoms with Crippen LogP contribution in [0.15, 0.2) is 60.7 Å². The molecule has 1 nitrogen and oxygen atoms in total. The van der Waals surface area contributed by atoms with E-state index in [-0.39, 0.29) is 21.2 Å². The Morgan fingerprint density at radius 2 is 0.966 bits per heavy atom. The molecule has 29 heavy (non-hydrogen) atoms. The van der Waals surface area contributed by atoms with E-state index in [1.807, 2.05) is 0 Å². The summed E-state index contributed by atoms with van der Waals surface area (Å²) in [6, 6.07) is 10.0. The second-order valence-corrected chi connectivity index (χ2v) is 6.66. The summed E-state index contributed by atoms with van der Waals surface area (Å²) < 4.78 is 84.3. The number of allylic oxidation sites excluding steroid dienone is 2. The van der Waals surface area contributed by atoms with Crippen LogP contribution in [0.1, 0.15) is 11.1 Å². The lowest BCUT2D eigenvalue weighted by atomic mass is 10.1. The molecule has 0 spiro atoms. The molecule has 0 saturated heterocycles. The molecule has 0 heterocycles. The van der Waals surface area contributed by atoms with Crippen molar-refractivity contribution in [3.63, 3.8) is 0 Å². The number of rotatable bonds is 6. The fraction of sp³-hybridized carbons (Fsp3) is 0.200. The molecule has 0 aliphatic heterocycles. The smallest absolute Gasteiger partial charge is 0.373 e. The highest BCUT2D eigenvalue weighted by Crippen LogP contribution is 2.35. The first-order valence-corrected chi connectivity index (χ1v) is 8.88. The van der Waals surface area contributed by atoms with Crippen LogP contribution in [-0.4, -0.2) is 25.6 Å². The Balaban J connectivity index is 2.12. The molecule has 0 fully saturated rings. The van der Waals surface area contributed by atoms with Gasteiger partial charge in [0.1, 0.15) is 0 Å². The normalized spacial score (nSPS) is 13.7. The lowest BCUT2D eigenvalue weighted by Gasteiger charge is -2.13. The average molecular weight is 455 g/mol. The SMILES string of the molecule is FC(F)(F)C(=CCOCC=C(c1ccc(Cl)cc1)C(F)(F)F)c1ccc(Cl)cc1. The van der Waals surface area contributed by atoms with Crippen molar-refractivity contribution >= 4 is 34.3 Å². The summed E-state index contributed by atoms with van der Waals surface area (Å²) in [5, 5.41) is 0.553. The first-order chi connectivity index (χ1) is 13.5. The molecule has 0 bridgehead atoms. The zero-order chi connectivity index (χ0) is 21.7. The molecule has 0 amide bonds. The molecule has 0 aromatic heterocycles. The van der Waals surface area contributed by atoms with Crippen molar-refractivity contribution in [1.82, 2.24) is 0 Å². The van der Waals surface area contributed by atoms with Gasteiger partial charge < -0.3 is 4.74 Å². The summed E-state index contributed by atoms with van der Waals surface area (Å²) in [6.45, 7) is -1.06. The minimum atomic E-state index is -4.66. The third-order valence-electron chi connectivity index (χ3n) is 3.73. The standard InChI is InChI=1S/C20H14Cl2F6O/c21-15-5-1-13(2-6-15)17(19(23,24)25)9-11-29-12-10-18(20(26,27)28)14-3-7-16(22)8-4-14/h1-10H,11-12H2. The summed E-state index contributed by atoms with van der Waals surface area (Å²) >= 11 is 11.3. The Morgan fingerprint density at radius 1 is 0.655 bits per heavy atom. The molecular weight excluding hydrogens is 441 g/mol. The van der Waals surface area contributed by atoms with E-state index < -0.39 is 36.7 Å². The molecule has 2 aromatic rings. The monoisotopic (exact) mass is 454 g/mol. The predicted octanol–water partition coefficient (Wildman–Crippen LogP) is 7.60. The number of hydrogen-bond donors (Lipinski definition) is 0. The van der Waals surface area contributed by atoms with E-state index in [9.17, 15) is 26.3 Å². The van der Waals surface area contributed by atoms with Crippen LogP contribution in [0, 0.1) is 0 Å². The quantitative estimate of drug-likeness (QED) is 0.322. The minimum absolute atomic E-state index is 0.127. The average Bonchev–Trinajstić information content (AvgIpc) is 2.61. The fourth-order valence-corrected chi connectivity index (χ4v) is 2.66. The first kappa shape index (κ1) is 23.3. The van der Waals surface area contributed by atoms with Crippen LogP contribution in [0.25, 0.3) is 11.1 Å². The van der Waals surface area contributed by atoms with Crippen LogP contribution in [0.3, 0.4) is 0 Å². The van der Waals surface area contributed by atoms with Gasteiger partial charge in [-0.05, 0) is 47.5 Å². The number of alkyl halides is 6. The number of benzene rings is 2. The topological polar surface area (TPSA) is 9.23 Å². The van der Waals surface area contributed by atoms with Crippen molar-refractivity contribution in [2.24, 2.45) is 0 Å². The molecule has 0 saturated carbocycles. The van der Waals surface area contributed by atoms with Crippen LogP contribution in [-0.2, 0) is 4.74 Å². The molecule has 0 atom stereocenters. The fourth-order valence-electron chi connectivity index (χ4n) is 2.41. The van der Waals surface area contributed by atoms with Gasteiger partial charge in [-0.25, -0.2) is 0 Å². The van der Waals surface area contributed by atoms with Crippen molar-refractivity contribution in [2.75, 3.05) is 13.2 Å². The zero-order valence-electron chi connectivity index (χ0n) is 14.6. The number of hydrogen-bond acceptors (Lipinski definition) is 1. The van der Waals surface area contributed by atoms with Gasteiger partial charge in [-0.1, -0.05) is 47.5 Å². The highest BCUT2D eigenvalue weighted by Gasteiger charge is 2.35. The summed E-state index contributed by atoms with van der Waals surface area (Å²) in [5.41, 5.74) is -2.19. The van der Waals surface area contributed by atoms with Crippen LogP contribution in [0.5, 0.6) is 0 Å². The van der Waals surface area contributed by atoms with Gasteiger partial charge >= 0.3 is 12.4 Å². The van der Waals surface area contributed by atoms with Gasteiger partial charge in [-0.3, -0.25) is 0 Å². The maximum Gasteiger partial charge on any atom is 0.416 e. The van der Waals surface area contributed by atoms with Crippen LogP contribution in [0.2, 0.25) is 10.0 Å².